The Balaban J connectivity index is 1.59. The summed E-state index contributed by atoms with van der Waals surface area (Å²) in [4.78, 5) is 18.6. The van der Waals surface area contributed by atoms with Crippen LogP contribution >= 0.6 is 0 Å². The van der Waals surface area contributed by atoms with Crippen LogP contribution in [0.4, 0.5) is 0 Å². The van der Waals surface area contributed by atoms with E-state index in [1.165, 1.54) is 0 Å². The van der Waals surface area contributed by atoms with Gasteiger partial charge in [-0.2, -0.15) is 0 Å². The van der Waals surface area contributed by atoms with E-state index in [0.717, 1.165) is 34.1 Å². The van der Waals surface area contributed by atoms with Crippen molar-refractivity contribution < 1.29 is 0 Å². The number of fused-ring (bicyclic) bond motifs is 2. The van der Waals surface area contributed by atoms with E-state index in [0.29, 0.717) is 41.2 Å². The zero-order valence-corrected chi connectivity index (χ0v) is 21.5. The summed E-state index contributed by atoms with van der Waals surface area (Å²) in [6.45, 7) is 5.15. The minimum atomic E-state index is -0.113. The molecule has 0 saturated heterocycles. The van der Waals surface area contributed by atoms with Gasteiger partial charge in [0.25, 0.3) is 5.56 Å². The molecule has 8 nitrogen and oxygen atoms in total. The van der Waals surface area contributed by atoms with E-state index in [1.807, 2.05) is 47.0 Å². The van der Waals surface area contributed by atoms with Crippen LogP contribution in [0.2, 0.25) is 0 Å². The number of pyridine rings is 1. The molecule has 3 aromatic carbocycles. The lowest BCUT2D eigenvalue weighted by atomic mass is 10.0. The number of nitrogen functional groups attached to an aromatic ring is 2. The Bertz CT molecular complexity index is 1760. The smallest absolute Gasteiger partial charge is 0.277 e. The fourth-order valence-corrected chi connectivity index (χ4v) is 4.82. The van der Waals surface area contributed by atoms with Crippen molar-refractivity contribution in [1.29, 1.82) is 10.8 Å². The van der Waals surface area contributed by atoms with Crippen LogP contribution in [0.25, 0.3) is 21.8 Å². The van der Waals surface area contributed by atoms with Gasteiger partial charge in [-0.3, -0.25) is 15.6 Å². The molecule has 0 amide bonds. The van der Waals surface area contributed by atoms with E-state index in [-0.39, 0.29) is 17.2 Å². The van der Waals surface area contributed by atoms with Crippen LogP contribution in [0.5, 0.6) is 0 Å². The van der Waals surface area contributed by atoms with Crippen molar-refractivity contribution in [2.45, 2.75) is 33.4 Å². The van der Waals surface area contributed by atoms with Crippen LogP contribution in [-0.4, -0.2) is 25.8 Å². The first kappa shape index (κ1) is 25.0. The first-order valence-electron chi connectivity index (χ1n) is 12.6. The second-order valence-electron chi connectivity index (χ2n) is 10.1. The zero-order valence-electron chi connectivity index (χ0n) is 21.5. The lowest BCUT2D eigenvalue weighted by Gasteiger charge is -2.13. The summed E-state index contributed by atoms with van der Waals surface area (Å²) in [5.74, 6) is 1.28. The minimum absolute atomic E-state index is 0.00291. The number of aromatic nitrogens is 3. The Morgan fingerprint density at radius 2 is 1.58 bits per heavy atom. The predicted molar refractivity (Wildman–Crippen MR) is 153 cm³/mol. The molecule has 0 fully saturated rings. The van der Waals surface area contributed by atoms with Crippen molar-refractivity contribution in [2.24, 2.45) is 17.4 Å². The molecule has 8 heteroatoms. The van der Waals surface area contributed by atoms with Crippen LogP contribution in [0.15, 0.2) is 77.7 Å². The highest BCUT2D eigenvalue weighted by atomic mass is 16.1. The molecule has 0 bridgehead atoms. The van der Waals surface area contributed by atoms with E-state index >= 15 is 0 Å². The maximum atomic E-state index is 13.8. The molecule has 0 aliphatic carbocycles. The Hall–Kier alpha value is -4.72. The molecule has 0 aliphatic heterocycles. The Kier molecular flexibility index (Phi) is 6.55. The van der Waals surface area contributed by atoms with Gasteiger partial charge in [-0.05, 0) is 52.1 Å². The lowest BCUT2D eigenvalue weighted by Crippen LogP contribution is -2.23. The summed E-state index contributed by atoms with van der Waals surface area (Å²) in [5, 5.41) is 17.5. The highest BCUT2D eigenvalue weighted by Crippen LogP contribution is 2.22. The summed E-state index contributed by atoms with van der Waals surface area (Å²) >= 11 is 0. The number of nitrogens with one attached hydrogen (secondary N) is 2. The van der Waals surface area contributed by atoms with Crippen LogP contribution < -0.4 is 17.0 Å². The SMILES string of the molecule is CC(C)Cc1nc2ccn(Cc3cccc(C(=N)N)c3)c(=O)c2n1Cc1ccc2ccc(C(=N)N)cc2c1. The molecule has 192 valence electrons. The summed E-state index contributed by atoms with van der Waals surface area (Å²) < 4.78 is 3.72. The Morgan fingerprint density at radius 3 is 2.32 bits per heavy atom. The van der Waals surface area contributed by atoms with Crippen molar-refractivity contribution in [3.8, 4) is 0 Å². The third kappa shape index (κ3) is 4.93. The number of hydrogen-bond acceptors (Lipinski definition) is 4. The van der Waals surface area contributed by atoms with E-state index in [4.69, 9.17) is 27.3 Å². The van der Waals surface area contributed by atoms with Gasteiger partial charge >= 0.3 is 0 Å². The molecule has 6 N–H and O–H groups in total. The normalized spacial score (nSPS) is 11.4. The first-order chi connectivity index (χ1) is 18.2. The molecule has 0 unspecified atom stereocenters. The predicted octanol–water partition coefficient (Wildman–Crippen LogP) is 4.21. The molecule has 38 heavy (non-hydrogen) atoms. The highest BCUT2D eigenvalue weighted by molar-refractivity contribution is 5.99. The Morgan fingerprint density at radius 1 is 0.868 bits per heavy atom. The number of imidazole rings is 1. The van der Waals surface area contributed by atoms with Crippen LogP contribution in [-0.2, 0) is 19.5 Å². The fourth-order valence-electron chi connectivity index (χ4n) is 4.82. The quantitative estimate of drug-likeness (QED) is 0.185. The largest absolute Gasteiger partial charge is 0.384 e. The number of hydrogen-bond donors (Lipinski definition) is 4. The molecule has 0 saturated carbocycles. The summed E-state index contributed by atoms with van der Waals surface area (Å²) in [6.07, 6.45) is 2.53. The number of amidine groups is 2. The average Bonchev–Trinajstić information content (AvgIpc) is 3.22. The number of rotatable bonds is 8. The van der Waals surface area contributed by atoms with E-state index in [9.17, 15) is 4.79 Å². The van der Waals surface area contributed by atoms with Crippen molar-refractivity contribution in [3.05, 3.63) is 111 Å². The van der Waals surface area contributed by atoms with Crippen molar-refractivity contribution >= 4 is 33.5 Å². The van der Waals surface area contributed by atoms with Gasteiger partial charge in [0.05, 0.1) is 12.1 Å². The van der Waals surface area contributed by atoms with Crippen molar-refractivity contribution in [1.82, 2.24) is 14.1 Å². The van der Waals surface area contributed by atoms with Gasteiger partial charge in [-0.15, -0.1) is 0 Å². The van der Waals surface area contributed by atoms with Gasteiger partial charge < -0.3 is 20.6 Å². The van der Waals surface area contributed by atoms with Gasteiger partial charge in [0.2, 0.25) is 0 Å². The van der Waals surface area contributed by atoms with Crippen molar-refractivity contribution in [2.75, 3.05) is 0 Å². The number of nitrogens with two attached hydrogens (primary N) is 2. The lowest BCUT2D eigenvalue weighted by molar-refractivity contribution is 0.594. The summed E-state index contributed by atoms with van der Waals surface area (Å²) in [7, 11) is 0. The maximum Gasteiger partial charge on any atom is 0.277 e. The molecule has 0 radical (unpaired) electrons. The molecule has 0 spiro atoms. The topological polar surface area (TPSA) is 140 Å². The number of benzene rings is 3. The molecule has 5 aromatic rings. The maximum absolute atomic E-state index is 13.8. The highest BCUT2D eigenvalue weighted by Gasteiger charge is 2.17. The molecule has 2 heterocycles. The molecular formula is C30H31N7O. The molecule has 5 rings (SSSR count). The zero-order chi connectivity index (χ0) is 27.0. The summed E-state index contributed by atoms with van der Waals surface area (Å²) in [6, 6.07) is 21.2. The molecular weight excluding hydrogens is 474 g/mol. The molecule has 0 aliphatic rings. The van der Waals surface area contributed by atoms with Gasteiger partial charge in [0.15, 0.2) is 0 Å². The third-order valence-electron chi connectivity index (χ3n) is 6.69. The third-order valence-corrected chi connectivity index (χ3v) is 6.69. The van der Waals surface area contributed by atoms with E-state index in [2.05, 4.69) is 32.0 Å². The van der Waals surface area contributed by atoms with Gasteiger partial charge in [-0.25, -0.2) is 4.98 Å². The summed E-state index contributed by atoms with van der Waals surface area (Å²) in [5.41, 5.74) is 15.7. The molecule has 2 aromatic heterocycles. The second-order valence-corrected chi connectivity index (χ2v) is 10.1. The second kappa shape index (κ2) is 9.97. The van der Waals surface area contributed by atoms with Crippen LogP contribution in [0.1, 0.15) is 41.9 Å². The van der Waals surface area contributed by atoms with Crippen LogP contribution in [0, 0.1) is 16.7 Å². The van der Waals surface area contributed by atoms with Crippen LogP contribution in [0.3, 0.4) is 0 Å². The number of nitrogens with zero attached hydrogens (tertiary/aromatic N) is 3. The van der Waals surface area contributed by atoms with E-state index < -0.39 is 0 Å². The standard InChI is InChI=1S/C30H31N7O/c1-18(2)12-26-35-25-10-11-36(16-19-4-3-5-22(13-19)28(31)32)30(38)27(25)37(26)17-20-6-7-21-8-9-23(29(33)34)15-24(21)14-20/h3-11,13-15,18H,12,16-17H2,1-2H3,(H3,31,32)(H3,33,34). The van der Waals surface area contributed by atoms with Gasteiger partial charge in [0.1, 0.15) is 23.0 Å². The van der Waals surface area contributed by atoms with E-state index in [1.54, 1.807) is 16.8 Å². The Labute approximate surface area is 220 Å². The first-order valence-corrected chi connectivity index (χ1v) is 12.6. The molecule has 0 atom stereocenters. The van der Waals surface area contributed by atoms with Crippen molar-refractivity contribution in [3.63, 3.8) is 0 Å². The van der Waals surface area contributed by atoms with Gasteiger partial charge in [0, 0.05) is 30.3 Å². The average molecular weight is 506 g/mol. The minimum Gasteiger partial charge on any atom is -0.384 e. The van der Waals surface area contributed by atoms with Gasteiger partial charge in [-0.1, -0.05) is 56.3 Å². The monoisotopic (exact) mass is 505 g/mol. The fraction of sp³-hybridized carbons (Fsp3) is 0.200.